The molecule has 0 aliphatic rings. The van der Waals surface area contributed by atoms with Crippen molar-refractivity contribution >= 4 is 5.69 Å². The van der Waals surface area contributed by atoms with Crippen molar-refractivity contribution in [1.29, 1.82) is 0 Å². The Morgan fingerprint density at radius 2 is 2.11 bits per heavy atom. The molecule has 0 aliphatic carbocycles. The molecule has 0 amide bonds. The number of anilines is 1. The van der Waals surface area contributed by atoms with Crippen LogP contribution < -0.4 is 10.6 Å². The molecule has 0 saturated carbocycles. The SMILES string of the molecule is CCC(N)Cc1ccc(N(C)CCCOC)c(C)c1. The summed E-state index contributed by atoms with van der Waals surface area (Å²) in [5, 5.41) is 0. The minimum absolute atomic E-state index is 0.268. The van der Waals surface area contributed by atoms with Crippen molar-refractivity contribution in [2.45, 2.75) is 39.2 Å². The van der Waals surface area contributed by atoms with Crippen LogP contribution >= 0.6 is 0 Å². The predicted molar refractivity (Wildman–Crippen MR) is 82.9 cm³/mol. The lowest BCUT2D eigenvalue weighted by Crippen LogP contribution is -2.22. The van der Waals surface area contributed by atoms with Crippen LogP contribution in [0.25, 0.3) is 0 Å². The van der Waals surface area contributed by atoms with E-state index in [9.17, 15) is 0 Å². The van der Waals surface area contributed by atoms with Crippen LogP contribution in [0.15, 0.2) is 18.2 Å². The highest BCUT2D eigenvalue weighted by atomic mass is 16.5. The molecule has 0 saturated heterocycles. The number of nitrogens with two attached hydrogens (primary N) is 1. The van der Waals surface area contributed by atoms with Crippen LogP contribution in [-0.4, -0.2) is 33.4 Å². The molecule has 108 valence electrons. The van der Waals surface area contributed by atoms with Crippen LogP contribution in [0.4, 0.5) is 5.69 Å². The van der Waals surface area contributed by atoms with Crippen LogP contribution in [0.5, 0.6) is 0 Å². The van der Waals surface area contributed by atoms with Crippen molar-refractivity contribution in [3.63, 3.8) is 0 Å². The summed E-state index contributed by atoms with van der Waals surface area (Å²) < 4.78 is 5.09. The fraction of sp³-hybridized carbons (Fsp3) is 0.625. The smallest absolute Gasteiger partial charge is 0.0479 e. The molecule has 0 aliphatic heterocycles. The van der Waals surface area contributed by atoms with Gasteiger partial charge in [0.2, 0.25) is 0 Å². The standard InChI is InChI=1S/C16H28N2O/c1-5-15(17)12-14-7-8-16(13(2)11-14)18(3)9-6-10-19-4/h7-8,11,15H,5-6,9-10,12,17H2,1-4H3. The molecule has 19 heavy (non-hydrogen) atoms. The van der Waals surface area contributed by atoms with Crippen molar-refractivity contribution in [3.8, 4) is 0 Å². The molecule has 2 N–H and O–H groups in total. The zero-order valence-corrected chi connectivity index (χ0v) is 12.8. The Hall–Kier alpha value is -1.06. The van der Waals surface area contributed by atoms with Gasteiger partial charge in [-0.25, -0.2) is 0 Å². The number of hydrogen-bond donors (Lipinski definition) is 1. The highest BCUT2D eigenvalue weighted by Crippen LogP contribution is 2.21. The molecular formula is C16H28N2O. The molecule has 0 spiro atoms. The van der Waals surface area contributed by atoms with Crippen molar-refractivity contribution < 1.29 is 4.74 Å². The number of aryl methyl sites for hydroxylation is 1. The van der Waals surface area contributed by atoms with Gasteiger partial charge in [-0.15, -0.1) is 0 Å². The van der Waals surface area contributed by atoms with Gasteiger partial charge in [-0.2, -0.15) is 0 Å². The molecular weight excluding hydrogens is 236 g/mol. The zero-order chi connectivity index (χ0) is 14.3. The van der Waals surface area contributed by atoms with Crippen LogP contribution in [0.2, 0.25) is 0 Å². The third-order valence-corrected chi connectivity index (χ3v) is 3.54. The van der Waals surface area contributed by atoms with E-state index in [2.05, 4.69) is 44.0 Å². The molecule has 1 atom stereocenters. The van der Waals surface area contributed by atoms with E-state index in [4.69, 9.17) is 10.5 Å². The van der Waals surface area contributed by atoms with Gasteiger partial charge in [0.15, 0.2) is 0 Å². The van der Waals surface area contributed by atoms with Crippen LogP contribution in [0.1, 0.15) is 30.9 Å². The summed E-state index contributed by atoms with van der Waals surface area (Å²) in [5.74, 6) is 0. The molecule has 3 heteroatoms. The second-order valence-electron chi connectivity index (χ2n) is 5.26. The number of methoxy groups -OCH3 is 1. The fourth-order valence-corrected chi connectivity index (χ4v) is 2.29. The van der Waals surface area contributed by atoms with E-state index in [1.54, 1.807) is 7.11 Å². The number of rotatable bonds is 8. The van der Waals surface area contributed by atoms with Crippen LogP contribution in [0.3, 0.4) is 0 Å². The Morgan fingerprint density at radius 3 is 2.68 bits per heavy atom. The minimum Gasteiger partial charge on any atom is -0.385 e. The number of hydrogen-bond acceptors (Lipinski definition) is 3. The van der Waals surface area contributed by atoms with E-state index in [1.807, 2.05) is 0 Å². The highest BCUT2D eigenvalue weighted by molar-refractivity contribution is 5.54. The highest BCUT2D eigenvalue weighted by Gasteiger charge is 2.07. The van der Waals surface area contributed by atoms with Gasteiger partial charge in [-0.1, -0.05) is 19.1 Å². The number of ether oxygens (including phenoxy) is 1. The van der Waals surface area contributed by atoms with Gasteiger partial charge in [0.25, 0.3) is 0 Å². The Morgan fingerprint density at radius 1 is 1.37 bits per heavy atom. The minimum atomic E-state index is 0.268. The zero-order valence-electron chi connectivity index (χ0n) is 12.8. The number of benzene rings is 1. The van der Waals surface area contributed by atoms with Crippen molar-refractivity contribution in [2.75, 3.05) is 32.2 Å². The second kappa shape index (κ2) is 8.18. The topological polar surface area (TPSA) is 38.5 Å². The Bertz CT molecular complexity index is 379. The quantitative estimate of drug-likeness (QED) is 0.734. The van der Waals surface area contributed by atoms with Crippen molar-refractivity contribution in [2.24, 2.45) is 5.73 Å². The lowest BCUT2D eigenvalue weighted by atomic mass is 10.0. The van der Waals surface area contributed by atoms with Crippen molar-refractivity contribution in [1.82, 2.24) is 0 Å². The molecule has 3 nitrogen and oxygen atoms in total. The van der Waals surface area contributed by atoms with Crippen molar-refractivity contribution in [3.05, 3.63) is 29.3 Å². The Kier molecular flexibility index (Phi) is 6.89. The fourth-order valence-electron chi connectivity index (χ4n) is 2.29. The molecule has 0 fully saturated rings. The van der Waals surface area contributed by atoms with E-state index in [0.29, 0.717) is 0 Å². The van der Waals surface area contributed by atoms with Gasteiger partial charge < -0.3 is 15.4 Å². The maximum Gasteiger partial charge on any atom is 0.0479 e. The summed E-state index contributed by atoms with van der Waals surface area (Å²) in [7, 11) is 3.88. The normalized spacial score (nSPS) is 12.5. The van der Waals surface area contributed by atoms with E-state index < -0.39 is 0 Å². The summed E-state index contributed by atoms with van der Waals surface area (Å²) in [4.78, 5) is 2.29. The Balaban J connectivity index is 2.65. The number of nitrogens with zero attached hydrogens (tertiary/aromatic N) is 1. The van der Waals surface area contributed by atoms with Gasteiger partial charge in [-0.05, 0) is 43.4 Å². The summed E-state index contributed by atoms with van der Waals surface area (Å²) >= 11 is 0. The summed E-state index contributed by atoms with van der Waals surface area (Å²) in [6, 6.07) is 6.94. The maximum atomic E-state index is 6.01. The molecule has 1 rings (SSSR count). The third-order valence-electron chi connectivity index (χ3n) is 3.54. The van der Waals surface area contributed by atoms with Gasteiger partial charge in [0.05, 0.1) is 0 Å². The monoisotopic (exact) mass is 264 g/mol. The van der Waals surface area contributed by atoms with Gasteiger partial charge >= 0.3 is 0 Å². The van der Waals surface area contributed by atoms with Crippen LogP contribution in [-0.2, 0) is 11.2 Å². The molecule has 1 aromatic carbocycles. The first kappa shape index (κ1) is 16.0. The summed E-state index contributed by atoms with van der Waals surface area (Å²) in [5.41, 5.74) is 9.96. The lowest BCUT2D eigenvalue weighted by molar-refractivity contribution is 0.196. The molecule has 0 radical (unpaired) electrons. The average Bonchev–Trinajstić information content (AvgIpc) is 2.38. The molecule has 0 aromatic heterocycles. The maximum absolute atomic E-state index is 6.01. The van der Waals surface area contributed by atoms with E-state index in [1.165, 1.54) is 16.8 Å². The Labute approximate surface area is 117 Å². The molecule has 1 unspecified atom stereocenters. The third kappa shape index (κ3) is 5.21. The first-order valence-corrected chi connectivity index (χ1v) is 7.13. The predicted octanol–water partition coefficient (Wildman–Crippen LogP) is 2.75. The second-order valence-corrected chi connectivity index (χ2v) is 5.26. The summed E-state index contributed by atoms with van der Waals surface area (Å²) in [6.45, 7) is 6.13. The van der Waals surface area contributed by atoms with E-state index in [0.717, 1.165) is 32.4 Å². The van der Waals surface area contributed by atoms with Gasteiger partial charge in [-0.3, -0.25) is 0 Å². The van der Waals surface area contributed by atoms with E-state index >= 15 is 0 Å². The van der Waals surface area contributed by atoms with Gasteiger partial charge in [0.1, 0.15) is 0 Å². The van der Waals surface area contributed by atoms with E-state index in [-0.39, 0.29) is 6.04 Å². The van der Waals surface area contributed by atoms with Gasteiger partial charge in [0, 0.05) is 39.0 Å². The average molecular weight is 264 g/mol. The first-order valence-electron chi connectivity index (χ1n) is 7.13. The largest absolute Gasteiger partial charge is 0.385 e. The summed E-state index contributed by atoms with van der Waals surface area (Å²) in [6.07, 6.45) is 3.04. The first-order chi connectivity index (χ1) is 9.08. The molecule has 1 aromatic rings. The lowest BCUT2D eigenvalue weighted by Gasteiger charge is -2.22. The van der Waals surface area contributed by atoms with Crippen LogP contribution in [0, 0.1) is 6.92 Å². The molecule has 0 heterocycles. The molecule has 0 bridgehead atoms.